The molecule has 1 amide bonds. The molecule has 0 saturated heterocycles. The van der Waals surface area contributed by atoms with Crippen LogP contribution in [-0.4, -0.2) is 15.7 Å². The number of benzene rings is 1. The average molecular weight is 358 g/mol. The van der Waals surface area contributed by atoms with Gasteiger partial charge in [0.15, 0.2) is 5.69 Å². The van der Waals surface area contributed by atoms with Crippen LogP contribution in [0.4, 0.5) is 11.4 Å². The summed E-state index contributed by atoms with van der Waals surface area (Å²) in [5.41, 5.74) is 7.83. The molecular formula is C13H14BrClN4O. The molecule has 1 aromatic heterocycles. The zero-order valence-corrected chi connectivity index (χ0v) is 13.4. The fourth-order valence-corrected chi connectivity index (χ4v) is 2.42. The zero-order valence-electron chi connectivity index (χ0n) is 11.1. The lowest BCUT2D eigenvalue weighted by Gasteiger charge is -2.08. The summed E-state index contributed by atoms with van der Waals surface area (Å²) in [6.07, 6.45) is 1.63. The Kier molecular flexibility index (Phi) is 4.35. The van der Waals surface area contributed by atoms with Crippen LogP contribution in [0.2, 0.25) is 5.02 Å². The number of hydrogen-bond donors (Lipinski definition) is 2. The molecule has 1 heterocycles. The maximum absolute atomic E-state index is 12.2. The molecule has 3 N–H and O–H groups in total. The van der Waals surface area contributed by atoms with E-state index in [0.717, 1.165) is 10.0 Å². The zero-order chi connectivity index (χ0) is 14.9. The Morgan fingerprint density at radius 2 is 2.25 bits per heavy atom. The van der Waals surface area contributed by atoms with Gasteiger partial charge in [-0.1, -0.05) is 11.6 Å². The average Bonchev–Trinajstić information content (AvgIpc) is 2.77. The van der Waals surface area contributed by atoms with Crippen molar-refractivity contribution in [2.24, 2.45) is 0 Å². The van der Waals surface area contributed by atoms with Crippen molar-refractivity contribution in [3.63, 3.8) is 0 Å². The first kappa shape index (κ1) is 14.9. The number of nitrogens with two attached hydrogens (primary N) is 1. The van der Waals surface area contributed by atoms with Gasteiger partial charge in [0, 0.05) is 22.2 Å². The minimum absolute atomic E-state index is 0.204. The first-order valence-corrected chi connectivity index (χ1v) is 7.19. The van der Waals surface area contributed by atoms with E-state index in [-0.39, 0.29) is 11.6 Å². The number of rotatable bonds is 3. The number of aryl methyl sites for hydroxylation is 2. The first-order chi connectivity index (χ1) is 9.42. The number of halogens is 2. The quantitative estimate of drug-likeness (QED) is 0.883. The van der Waals surface area contributed by atoms with Gasteiger partial charge >= 0.3 is 0 Å². The molecular weight excluding hydrogens is 344 g/mol. The van der Waals surface area contributed by atoms with Gasteiger partial charge in [0.05, 0.1) is 11.4 Å². The second-order valence-corrected chi connectivity index (χ2v) is 5.59. The molecule has 0 aliphatic carbocycles. The Balaban J connectivity index is 2.27. The van der Waals surface area contributed by atoms with Gasteiger partial charge in [-0.05, 0) is 47.5 Å². The van der Waals surface area contributed by atoms with E-state index in [0.29, 0.717) is 22.9 Å². The van der Waals surface area contributed by atoms with E-state index >= 15 is 0 Å². The lowest BCUT2D eigenvalue weighted by Crippen LogP contribution is -2.15. The van der Waals surface area contributed by atoms with E-state index in [4.69, 9.17) is 17.3 Å². The van der Waals surface area contributed by atoms with Crippen molar-refractivity contribution in [3.8, 4) is 0 Å². The Hall–Kier alpha value is -1.53. The highest BCUT2D eigenvalue weighted by Crippen LogP contribution is 2.29. The summed E-state index contributed by atoms with van der Waals surface area (Å²) in [4.78, 5) is 12.2. The van der Waals surface area contributed by atoms with Crippen LogP contribution in [0.25, 0.3) is 0 Å². The number of anilines is 2. The molecule has 106 valence electrons. The molecule has 0 atom stereocenters. The van der Waals surface area contributed by atoms with Crippen molar-refractivity contribution in [2.75, 3.05) is 11.1 Å². The lowest BCUT2D eigenvalue weighted by molar-refractivity contribution is 0.102. The molecule has 0 radical (unpaired) electrons. The molecule has 0 fully saturated rings. The van der Waals surface area contributed by atoms with Gasteiger partial charge in [-0.3, -0.25) is 9.48 Å². The van der Waals surface area contributed by atoms with Crippen LogP contribution in [0.15, 0.2) is 22.8 Å². The lowest BCUT2D eigenvalue weighted by atomic mass is 10.2. The predicted molar refractivity (Wildman–Crippen MR) is 84.2 cm³/mol. The fraction of sp³-hybridized carbons (Fsp3) is 0.231. The summed E-state index contributed by atoms with van der Waals surface area (Å²) in [5, 5.41) is 7.45. The molecule has 0 bridgehead atoms. The number of hydrogen-bond acceptors (Lipinski definition) is 3. The summed E-state index contributed by atoms with van der Waals surface area (Å²) in [6, 6.07) is 3.53. The molecule has 2 rings (SSSR count). The Morgan fingerprint density at radius 3 is 2.85 bits per heavy atom. The SMILES string of the molecule is CCn1cc(N)c(C(=O)Nc2cc(Cl)c(C)cc2Br)n1. The third-order valence-corrected chi connectivity index (χ3v) is 3.89. The van der Waals surface area contributed by atoms with Crippen LogP contribution < -0.4 is 11.1 Å². The van der Waals surface area contributed by atoms with Crippen LogP contribution in [0, 0.1) is 6.92 Å². The van der Waals surface area contributed by atoms with Crippen molar-refractivity contribution < 1.29 is 4.79 Å². The highest BCUT2D eigenvalue weighted by molar-refractivity contribution is 9.10. The normalized spacial score (nSPS) is 10.6. The van der Waals surface area contributed by atoms with Crippen LogP contribution in [0.1, 0.15) is 23.0 Å². The van der Waals surface area contributed by atoms with Crippen LogP contribution >= 0.6 is 27.5 Å². The number of carbonyl (C=O) groups excluding carboxylic acids is 1. The first-order valence-electron chi connectivity index (χ1n) is 6.02. The molecule has 0 saturated carbocycles. The third kappa shape index (κ3) is 2.96. The van der Waals surface area contributed by atoms with Crippen LogP contribution in [0.5, 0.6) is 0 Å². The number of nitrogen functional groups attached to an aromatic ring is 1. The Morgan fingerprint density at radius 1 is 1.55 bits per heavy atom. The van der Waals surface area contributed by atoms with Crippen molar-refractivity contribution in [1.82, 2.24) is 9.78 Å². The number of carbonyl (C=O) groups is 1. The molecule has 7 heteroatoms. The molecule has 20 heavy (non-hydrogen) atoms. The Bertz CT molecular complexity index is 669. The van der Waals surface area contributed by atoms with Crippen molar-refractivity contribution in [1.29, 1.82) is 0 Å². The molecule has 0 unspecified atom stereocenters. The summed E-state index contributed by atoms with van der Waals surface area (Å²) in [5.74, 6) is -0.365. The molecule has 2 aromatic rings. The van der Waals surface area contributed by atoms with E-state index in [9.17, 15) is 4.79 Å². The smallest absolute Gasteiger partial charge is 0.278 e. The highest BCUT2D eigenvalue weighted by atomic mass is 79.9. The van der Waals surface area contributed by atoms with E-state index in [1.165, 1.54) is 0 Å². The fourth-order valence-electron chi connectivity index (χ4n) is 1.70. The molecule has 1 aromatic carbocycles. The molecule has 0 spiro atoms. The van der Waals surface area contributed by atoms with E-state index in [1.807, 2.05) is 19.9 Å². The van der Waals surface area contributed by atoms with Gasteiger partial charge in [0.25, 0.3) is 5.91 Å². The van der Waals surface area contributed by atoms with Crippen molar-refractivity contribution >= 4 is 44.8 Å². The summed E-state index contributed by atoms with van der Waals surface area (Å²) in [7, 11) is 0. The minimum atomic E-state index is -0.365. The van der Waals surface area contributed by atoms with Crippen molar-refractivity contribution in [2.45, 2.75) is 20.4 Å². The topological polar surface area (TPSA) is 72.9 Å². The molecule has 0 aliphatic rings. The largest absolute Gasteiger partial charge is 0.396 e. The van der Waals surface area contributed by atoms with Gasteiger partial charge in [-0.25, -0.2) is 0 Å². The number of amides is 1. The van der Waals surface area contributed by atoms with E-state index in [1.54, 1.807) is 16.9 Å². The summed E-state index contributed by atoms with van der Waals surface area (Å²) >= 11 is 9.45. The van der Waals surface area contributed by atoms with E-state index in [2.05, 4.69) is 26.3 Å². The van der Waals surface area contributed by atoms with Gasteiger partial charge in [0.2, 0.25) is 0 Å². The monoisotopic (exact) mass is 356 g/mol. The van der Waals surface area contributed by atoms with Crippen LogP contribution in [-0.2, 0) is 6.54 Å². The Labute approximate surface area is 130 Å². The number of aromatic nitrogens is 2. The van der Waals surface area contributed by atoms with Gasteiger partial charge < -0.3 is 11.1 Å². The third-order valence-electron chi connectivity index (χ3n) is 2.83. The molecule has 0 aliphatic heterocycles. The van der Waals surface area contributed by atoms with Crippen LogP contribution in [0.3, 0.4) is 0 Å². The second kappa shape index (κ2) is 5.85. The number of nitrogens with one attached hydrogen (secondary N) is 1. The van der Waals surface area contributed by atoms with Gasteiger partial charge in [-0.2, -0.15) is 5.10 Å². The van der Waals surface area contributed by atoms with Gasteiger partial charge in [0.1, 0.15) is 0 Å². The highest BCUT2D eigenvalue weighted by Gasteiger charge is 2.16. The van der Waals surface area contributed by atoms with Crippen molar-refractivity contribution in [3.05, 3.63) is 39.1 Å². The van der Waals surface area contributed by atoms with Gasteiger partial charge in [-0.15, -0.1) is 0 Å². The predicted octanol–water partition coefficient (Wildman–Crippen LogP) is 3.46. The minimum Gasteiger partial charge on any atom is -0.396 e. The second-order valence-electron chi connectivity index (χ2n) is 4.32. The maximum Gasteiger partial charge on any atom is 0.278 e. The maximum atomic E-state index is 12.2. The summed E-state index contributed by atoms with van der Waals surface area (Å²) < 4.78 is 2.36. The van der Waals surface area contributed by atoms with E-state index < -0.39 is 0 Å². The number of nitrogens with zero attached hydrogens (tertiary/aromatic N) is 2. The molecule has 5 nitrogen and oxygen atoms in total. The standard InChI is InChI=1S/C13H14BrClN4O/c1-3-19-6-10(16)12(18-19)13(20)17-11-5-9(15)7(2)4-8(11)14/h4-6H,3,16H2,1-2H3,(H,17,20). The summed E-state index contributed by atoms with van der Waals surface area (Å²) in [6.45, 7) is 4.46.